The minimum absolute atomic E-state index is 0.0600. The second-order valence-corrected chi connectivity index (χ2v) is 4.70. The van der Waals surface area contributed by atoms with Crippen LogP contribution < -0.4 is 11.1 Å². The Hall–Kier alpha value is -1.95. The van der Waals surface area contributed by atoms with Crippen LogP contribution in [0.15, 0.2) is 30.3 Å². The molecule has 2 unspecified atom stereocenters. The Bertz CT molecular complexity index is 490. The summed E-state index contributed by atoms with van der Waals surface area (Å²) < 4.78 is 4.83. The van der Waals surface area contributed by atoms with Crippen LogP contribution >= 0.6 is 12.2 Å². The highest BCUT2D eigenvalue weighted by molar-refractivity contribution is 7.80. The highest BCUT2D eigenvalue weighted by Gasteiger charge is 2.26. The van der Waals surface area contributed by atoms with Gasteiger partial charge in [-0.05, 0) is 19.4 Å². The summed E-state index contributed by atoms with van der Waals surface area (Å²) in [6.07, 6.45) is 0. The van der Waals surface area contributed by atoms with Gasteiger partial charge in [-0.1, -0.05) is 42.5 Å². The fourth-order valence-corrected chi connectivity index (χ4v) is 1.96. The smallest absolute Gasteiger partial charge is 0.328 e. The second-order valence-electron chi connectivity index (χ2n) is 4.23. The van der Waals surface area contributed by atoms with Crippen molar-refractivity contribution in [2.75, 3.05) is 6.61 Å². The fraction of sp³-hybridized carbons (Fsp3) is 0.357. The van der Waals surface area contributed by atoms with Gasteiger partial charge in [-0.25, -0.2) is 4.79 Å². The lowest BCUT2D eigenvalue weighted by molar-refractivity contribution is -0.146. The van der Waals surface area contributed by atoms with Gasteiger partial charge in [0, 0.05) is 0 Å². The first-order valence-electron chi connectivity index (χ1n) is 6.28. The summed E-state index contributed by atoms with van der Waals surface area (Å²) in [4.78, 5) is 23.8. The summed E-state index contributed by atoms with van der Waals surface area (Å²) >= 11 is 4.95. The molecule has 0 aliphatic heterocycles. The zero-order valence-electron chi connectivity index (χ0n) is 11.5. The van der Waals surface area contributed by atoms with Crippen LogP contribution in [-0.4, -0.2) is 29.5 Å². The monoisotopic (exact) mass is 294 g/mol. The molecule has 0 fully saturated rings. The van der Waals surface area contributed by atoms with Gasteiger partial charge in [0.05, 0.1) is 11.6 Å². The van der Waals surface area contributed by atoms with E-state index in [1.54, 1.807) is 38.1 Å². The average Bonchev–Trinajstić information content (AvgIpc) is 2.39. The summed E-state index contributed by atoms with van der Waals surface area (Å²) in [5, 5.41) is 2.56. The molecular formula is C14H18N2O3S. The first-order valence-corrected chi connectivity index (χ1v) is 6.69. The predicted octanol–water partition coefficient (Wildman–Crippen LogP) is 1.12. The summed E-state index contributed by atoms with van der Waals surface area (Å²) in [5.41, 5.74) is 6.32. The van der Waals surface area contributed by atoms with Crippen LogP contribution in [0.3, 0.4) is 0 Å². The lowest BCUT2D eigenvalue weighted by Gasteiger charge is -2.19. The van der Waals surface area contributed by atoms with Gasteiger partial charge in [0.1, 0.15) is 12.0 Å². The second kappa shape index (κ2) is 7.59. The number of ether oxygens (including phenoxy) is 1. The molecule has 0 radical (unpaired) electrons. The van der Waals surface area contributed by atoms with E-state index < -0.39 is 23.8 Å². The number of carbonyl (C=O) groups is 2. The molecule has 108 valence electrons. The average molecular weight is 294 g/mol. The number of thiocarbonyl (C=S) groups is 1. The van der Waals surface area contributed by atoms with Crippen molar-refractivity contribution in [3.63, 3.8) is 0 Å². The number of nitrogens with two attached hydrogens (primary N) is 1. The molecule has 2 atom stereocenters. The molecule has 20 heavy (non-hydrogen) atoms. The normalized spacial score (nSPS) is 13.1. The number of rotatable bonds is 6. The number of esters is 1. The Morgan fingerprint density at radius 2 is 1.95 bits per heavy atom. The Balaban J connectivity index is 2.81. The van der Waals surface area contributed by atoms with Gasteiger partial charge in [0.25, 0.3) is 0 Å². The number of benzene rings is 1. The summed E-state index contributed by atoms with van der Waals surface area (Å²) in [6.45, 7) is 3.52. The molecule has 0 aromatic heterocycles. The van der Waals surface area contributed by atoms with E-state index in [4.69, 9.17) is 22.7 Å². The molecule has 1 amide bonds. The third-order valence-corrected chi connectivity index (χ3v) is 2.91. The molecule has 6 heteroatoms. The Morgan fingerprint density at radius 3 is 2.45 bits per heavy atom. The molecular weight excluding hydrogens is 276 g/mol. The van der Waals surface area contributed by atoms with Crippen molar-refractivity contribution in [1.29, 1.82) is 0 Å². The molecule has 0 bridgehead atoms. The molecule has 0 heterocycles. The third-order valence-electron chi connectivity index (χ3n) is 2.68. The van der Waals surface area contributed by atoms with E-state index in [-0.39, 0.29) is 11.6 Å². The van der Waals surface area contributed by atoms with Crippen molar-refractivity contribution < 1.29 is 14.3 Å². The van der Waals surface area contributed by atoms with Crippen LogP contribution in [-0.2, 0) is 14.3 Å². The molecule has 0 saturated heterocycles. The predicted molar refractivity (Wildman–Crippen MR) is 80.2 cm³/mol. The van der Waals surface area contributed by atoms with Gasteiger partial charge in [-0.3, -0.25) is 4.79 Å². The standard InChI is InChI=1S/C14H18N2O3S/c1-3-19-14(18)9(2)16-13(17)11(12(15)20)10-7-5-4-6-8-10/h4-9,11H,3H2,1-2H3,(H2,15,20)(H,16,17). The molecule has 5 nitrogen and oxygen atoms in total. The van der Waals surface area contributed by atoms with Crippen molar-refractivity contribution in [2.45, 2.75) is 25.8 Å². The van der Waals surface area contributed by atoms with Gasteiger partial charge < -0.3 is 15.8 Å². The molecule has 1 aromatic rings. The Kier molecular flexibility index (Phi) is 6.11. The van der Waals surface area contributed by atoms with E-state index in [2.05, 4.69) is 5.32 Å². The molecule has 1 aromatic carbocycles. The molecule has 3 N–H and O–H groups in total. The summed E-state index contributed by atoms with van der Waals surface area (Å²) in [5.74, 6) is -1.66. The van der Waals surface area contributed by atoms with E-state index in [9.17, 15) is 9.59 Å². The van der Waals surface area contributed by atoms with Gasteiger partial charge in [0.15, 0.2) is 0 Å². The minimum atomic E-state index is -0.761. The van der Waals surface area contributed by atoms with E-state index in [1.165, 1.54) is 0 Å². The van der Waals surface area contributed by atoms with Crippen LogP contribution in [0.4, 0.5) is 0 Å². The molecule has 0 aliphatic carbocycles. The van der Waals surface area contributed by atoms with Crippen molar-refractivity contribution in [3.05, 3.63) is 35.9 Å². The molecule has 0 saturated carbocycles. The highest BCUT2D eigenvalue weighted by atomic mass is 32.1. The number of amides is 1. The first-order chi connectivity index (χ1) is 9.47. The highest BCUT2D eigenvalue weighted by Crippen LogP contribution is 2.16. The zero-order chi connectivity index (χ0) is 15.1. The quantitative estimate of drug-likeness (QED) is 0.607. The maximum atomic E-state index is 12.2. The molecule has 0 spiro atoms. The van der Waals surface area contributed by atoms with Crippen molar-refractivity contribution in [2.24, 2.45) is 5.73 Å². The topological polar surface area (TPSA) is 81.4 Å². The maximum Gasteiger partial charge on any atom is 0.328 e. The van der Waals surface area contributed by atoms with E-state index >= 15 is 0 Å². The van der Waals surface area contributed by atoms with Gasteiger partial charge >= 0.3 is 5.97 Å². The van der Waals surface area contributed by atoms with Crippen LogP contribution in [0.2, 0.25) is 0 Å². The minimum Gasteiger partial charge on any atom is -0.464 e. The van der Waals surface area contributed by atoms with Crippen LogP contribution in [0.1, 0.15) is 25.3 Å². The van der Waals surface area contributed by atoms with E-state index in [0.717, 1.165) is 0 Å². The maximum absolute atomic E-state index is 12.2. The van der Waals surface area contributed by atoms with Crippen molar-refractivity contribution >= 4 is 29.1 Å². The largest absolute Gasteiger partial charge is 0.464 e. The lowest BCUT2D eigenvalue weighted by atomic mass is 9.98. The number of hydrogen-bond donors (Lipinski definition) is 2. The van der Waals surface area contributed by atoms with Crippen LogP contribution in [0.5, 0.6) is 0 Å². The van der Waals surface area contributed by atoms with Gasteiger partial charge in [0.2, 0.25) is 5.91 Å². The molecule has 0 aliphatic rings. The van der Waals surface area contributed by atoms with Crippen molar-refractivity contribution in [1.82, 2.24) is 5.32 Å². The van der Waals surface area contributed by atoms with E-state index in [1.807, 2.05) is 6.07 Å². The SMILES string of the molecule is CCOC(=O)C(C)NC(=O)C(C(N)=S)c1ccccc1. The number of hydrogen-bond acceptors (Lipinski definition) is 4. The van der Waals surface area contributed by atoms with Gasteiger partial charge in [-0.2, -0.15) is 0 Å². The summed E-state index contributed by atoms with van der Waals surface area (Å²) in [6, 6.07) is 8.20. The fourth-order valence-electron chi connectivity index (χ4n) is 1.71. The molecule has 1 rings (SSSR count). The lowest BCUT2D eigenvalue weighted by Crippen LogP contribution is -2.44. The zero-order valence-corrected chi connectivity index (χ0v) is 12.3. The van der Waals surface area contributed by atoms with Crippen LogP contribution in [0, 0.1) is 0 Å². The van der Waals surface area contributed by atoms with Gasteiger partial charge in [-0.15, -0.1) is 0 Å². The Labute approximate surface area is 123 Å². The van der Waals surface area contributed by atoms with Crippen molar-refractivity contribution in [3.8, 4) is 0 Å². The Morgan fingerprint density at radius 1 is 1.35 bits per heavy atom. The van der Waals surface area contributed by atoms with Crippen LogP contribution in [0.25, 0.3) is 0 Å². The first kappa shape index (κ1) is 16.1. The number of carbonyl (C=O) groups excluding carboxylic acids is 2. The van der Waals surface area contributed by atoms with E-state index in [0.29, 0.717) is 5.56 Å². The third kappa shape index (κ3) is 4.31. The number of nitrogens with one attached hydrogen (secondary N) is 1. The summed E-state index contributed by atoms with van der Waals surface area (Å²) in [7, 11) is 0.